The minimum atomic E-state index is -3.68. The van der Waals surface area contributed by atoms with Gasteiger partial charge in [0.05, 0.1) is 27.7 Å². The fourth-order valence-electron chi connectivity index (χ4n) is 4.32. The van der Waals surface area contributed by atoms with Crippen LogP contribution >= 0.6 is 11.3 Å². The Morgan fingerprint density at radius 1 is 1.11 bits per heavy atom. The van der Waals surface area contributed by atoms with E-state index < -0.39 is 15.8 Å². The molecule has 0 bridgehead atoms. The van der Waals surface area contributed by atoms with Crippen LogP contribution in [0.5, 0.6) is 0 Å². The monoisotopic (exact) mass is 553 g/mol. The summed E-state index contributed by atoms with van der Waals surface area (Å²) < 4.78 is 42.8. The number of aromatic nitrogens is 3. The normalized spacial score (nSPS) is 14.0. The van der Waals surface area contributed by atoms with Crippen LogP contribution in [0, 0.1) is 5.82 Å². The van der Waals surface area contributed by atoms with Crippen molar-refractivity contribution in [2.75, 3.05) is 47.3 Å². The Hall–Kier alpha value is -3.61. The molecular formula is C26H28FN7O2S2. The quantitative estimate of drug-likeness (QED) is 0.296. The minimum Gasteiger partial charge on any atom is -0.369 e. The third kappa shape index (κ3) is 5.62. The zero-order valence-corrected chi connectivity index (χ0v) is 22.4. The van der Waals surface area contributed by atoms with Crippen LogP contribution in [0.4, 0.5) is 21.7 Å². The van der Waals surface area contributed by atoms with E-state index in [9.17, 15) is 8.42 Å². The molecule has 1 fully saturated rings. The van der Waals surface area contributed by atoms with E-state index in [1.54, 1.807) is 25.1 Å². The Bertz CT molecular complexity index is 1540. The van der Waals surface area contributed by atoms with E-state index in [0.29, 0.717) is 27.7 Å². The second-order valence-corrected chi connectivity index (χ2v) is 11.7. The fourth-order valence-corrected chi connectivity index (χ4v) is 6.51. The maximum Gasteiger partial charge on any atom is 0.232 e. The molecule has 2 aromatic carbocycles. The molecule has 0 spiro atoms. The number of nitrogens with two attached hydrogens (primary N) is 1. The number of halogens is 1. The number of hydrogen-bond donors (Lipinski definition) is 3. The van der Waals surface area contributed by atoms with E-state index in [1.807, 2.05) is 12.1 Å². The highest BCUT2D eigenvalue weighted by Gasteiger charge is 2.23. The number of anilines is 3. The first-order valence-corrected chi connectivity index (χ1v) is 14.8. The number of rotatable bonds is 8. The van der Waals surface area contributed by atoms with Crippen LogP contribution in [0.3, 0.4) is 0 Å². The summed E-state index contributed by atoms with van der Waals surface area (Å²) in [4.78, 5) is 16.0. The summed E-state index contributed by atoms with van der Waals surface area (Å²) in [6.07, 6.45) is 1.95. The number of nitrogen functional groups attached to an aromatic ring is 1. The van der Waals surface area contributed by atoms with E-state index in [4.69, 9.17) is 10.7 Å². The Labute approximate surface area is 225 Å². The maximum absolute atomic E-state index is 15.7. The molecule has 1 saturated heterocycles. The molecule has 3 heterocycles. The topological polar surface area (TPSA) is 126 Å². The first-order chi connectivity index (χ1) is 18.3. The van der Waals surface area contributed by atoms with Crippen LogP contribution < -0.4 is 20.7 Å². The van der Waals surface area contributed by atoms with Crippen molar-refractivity contribution in [1.29, 1.82) is 0 Å². The van der Waals surface area contributed by atoms with Crippen molar-refractivity contribution in [1.82, 2.24) is 20.3 Å². The number of nitrogens with one attached hydrogen (secondary N) is 2. The van der Waals surface area contributed by atoms with Crippen molar-refractivity contribution in [3.63, 3.8) is 0 Å². The molecule has 0 saturated carbocycles. The standard InChI is InChI=1S/C26H28FN7O2S2/c1-2-16-38(35,36)33-20-5-3-4-19(22(20)27)23-24(21-10-11-30-26(28)31-21)37-25(32-23)17-6-8-18(9-7-17)34-14-12-29-13-15-34/h3-11,29,33H,2,12-16H2,1H3,(H2,28,30,31). The predicted molar refractivity (Wildman–Crippen MR) is 151 cm³/mol. The van der Waals surface area contributed by atoms with Gasteiger partial charge in [-0.05, 0) is 48.9 Å². The summed E-state index contributed by atoms with van der Waals surface area (Å²) >= 11 is 1.36. The highest BCUT2D eigenvalue weighted by atomic mass is 32.2. The zero-order chi connectivity index (χ0) is 26.7. The molecule has 198 valence electrons. The molecule has 0 atom stereocenters. The largest absolute Gasteiger partial charge is 0.369 e. The molecule has 12 heteroatoms. The van der Waals surface area contributed by atoms with E-state index in [0.717, 1.165) is 37.4 Å². The molecule has 5 rings (SSSR count). The Balaban J connectivity index is 1.57. The predicted octanol–water partition coefficient (Wildman–Crippen LogP) is 4.22. The molecule has 0 amide bonds. The fraction of sp³-hybridized carbons (Fsp3) is 0.269. The molecule has 0 aliphatic carbocycles. The molecule has 0 unspecified atom stereocenters. The van der Waals surface area contributed by atoms with Gasteiger partial charge in [-0.15, -0.1) is 11.3 Å². The average Bonchev–Trinajstić information content (AvgIpc) is 3.36. The molecule has 38 heavy (non-hydrogen) atoms. The van der Waals surface area contributed by atoms with Gasteiger partial charge in [0.15, 0.2) is 5.82 Å². The van der Waals surface area contributed by atoms with Crippen LogP contribution in [0.1, 0.15) is 13.3 Å². The highest BCUT2D eigenvalue weighted by Crippen LogP contribution is 2.42. The van der Waals surface area contributed by atoms with Gasteiger partial charge in [0.1, 0.15) is 5.01 Å². The van der Waals surface area contributed by atoms with Gasteiger partial charge in [0.2, 0.25) is 16.0 Å². The van der Waals surface area contributed by atoms with E-state index >= 15 is 4.39 Å². The summed E-state index contributed by atoms with van der Waals surface area (Å²) in [6.45, 7) is 5.53. The van der Waals surface area contributed by atoms with E-state index in [2.05, 4.69) is 37.0 Å². The Morgan fingerprint density at radius 2 is 1.87 bits per heavy atom. The van der Waals surface area contributed by atoms with Crippen LogP contribution in [-0.4, -0.2) is 55.3 Å². The number of piperazine rings is 1. The molecule has 1 aliphatic rings. The van der Waals surface area contributed by atoms with Gasteiger partial charge in [-0.2, -0.15) is 0 Å². The molecule has 1 aliphatic heterocycles. The van der Waals surface area contributed by atoms with Crippen LogP contribution in [0.15, 0.2) is 54.7 Å². The van der Waals surface area contributed by atoms with Crippen molar-refractivity contribution >= 4 is 38.7 Å². The van der Waals surface area contributed by atoms with Crippen molar-refractivity contribution < 1.29 is 12.8 Å². The van der Waals surface area contributed by atoms with E-state index in [-0.39, 0.29) is 23.0 Å². The average molecular weight is 554 g/mol. The number of nitrogens with zero attached hydrogens (tertiary/aromatic N) is 4. The third-order valence-corrected chi connectivity index (χ3v) is 8.73. The summed E-state index contributed by atoms with van der Waals surface area (Å²) in [6, 6.07) is 14.4. The lowest BCUT2D eigenvalue weighted by Crippen LogP contribution is -2.43. The summed E-state index contributed by atoms with van der Waals surface area (Å²) in [5.41, 5.74) is 8.75. The van der Waals surface area contributed by atoms with Crippen LogP contribution in [-0.2, 0) is 10.0 Å². The smallest absolute Gasteiger partial charge is 0.232 e. The first-order valence-electron chi connectivity index (χ1n) is 12.3. The molecule has 2 aromatic heterocycles. The van der Waals surface area contributed by atoms with Crippen LogP contribution in [0.2, 0.25) is 0 Å². The highest BCUT2D eigenvalue weighted by molar-refractivity contribution is 7.92. The van der Waals surface area contributed by atoms with Gasteiger partial charge in [-0.25, -0.2) is 27.8 Å². The lowest BCUT2D eigenvalue weighted by Gasteiger charge is -2.29. The summed E-state index contributed by atoms with van der Waals surface area (Å²) in [7, 11) is -3.68. The SMILES string of the molecule is CCCS(=O)(=O)Nc1cccc(-c2nc(-c3ccc(N4CCNCC4)cc3)sc2-c2ccnc(N)n2)c1F. The van der Waals surface area contributed by atoms with Crippen molar-refractivity contribution in [3.8, 4) is 32.4 Å². The first kappa shape index (κ1) is 26.0. The lowest BCUT2D eigenvalue weighted by atomic mass is 10.1. The third-order valence-electron chi connectivity index (χ3n) is 6.12. The van der Waals surface area contributed by atoms with E-state index in [1.165, 1.54) is 23.6 Å². The molecular weight excluding hydrogens is 525 g/mol. The van der Waals surface area contributed by atoms with Crippen LogP contribution in [0.25, 0.3) is 32.4 Å². The number of hydrogen-bond acceptors (Lipinski definition) is 9. The van der Waals surface area contributed by atoms with Crippen molar-refractivity contribution in [2.45, 2.75) is 13.3 Å². The Morgan fingerprint density at radius 3 is 2.58 bits per heavy atom. The summed E-state index contributed by atoms with van der Waals surface area (Å²) in [5.74, 6) is -0.723. The number of sulfonamides is 1. The van der Waals surface area contributed by atoms with Gasteiger partial charge in [0.25, 0.3) is 0 Å². The second-order valence-electron chi connectivity index (χ2n) is 8.87. The molecule has 4 aromatic rings. The van der Waals surface area contributed by atoms with Gasteiger partial charge < -0.3 is 16.0 Å². The van der Waals surface area contributed by atoms with Gasteiger partial charge in [0, 0.05) is 49.2 Å². The summed E-state index contributed by atoms with van der Waals surface area (Å²) in [5, 5.41) is 4.03. The minimum absolute atomic E-state index is 0.0883. The maximum atomic E-state index is 15.7. The number of benzene rings is 2. The van der Waals surface area contributed by atoms with Crippen molar-refractivity contribution in [2.24, 2.45) is 0 Å². The van der Waals surface area contributed by atoms with Gasteiger partial charge in [-0.3, -0.25) is 4.72 Å². The Kier molecular flexibility index (Phi) is 7.54. The molecule has 0 radical (unpaired) electrons. The van der Waals surface area contributed by atoms with Crippen molar-refractivity contribution in [3.05, 3.63) is 60.5 Å². The molecule has 9 nitrogen and oxygen atoms in total. The van der Waals surface area contributed by atoms with Gasteiger partial charge in [-0.1, -0.05) is 13.0 Å². The molecule has 4 N–H and O–H groups in total. The zero-order valence-electron chi connectivity index (χ0n) is 20.8. The van der Waals surface area contributed by atoms with Gasteiger partial charge >= 0.3 is 0 Å². The second kappa shape index (κ2) is 11.0. The number of thiazole rings is 1. The lowest BCUT2D eigenvalue weighted by molar-refractivity contribution is 0.589.